The van der Waals surface area contributed by atoms with Crippen LogP contribution in [0, 0.1) is 0 Å². The summed E-state index contributed by atoms with van der Waals surface area (Å²) in [6.45, 7) is 1.25. The van der Waals surface area contributed by atoms with E-state index in [0.29, 0.717) is 37.5 Å². The Bertz CT molecular complexity index is 540. The molecule has 0 aliphatic rings. The number of nitrogens with zero attached hydrogens (tertiary/aromatic N) is 3. The summed E-state index contributed by atoms with van der Waals surface area (Å²) in [5.74, 6) is 1.14. The van der Waals surface area contributed by atoms with Crippen LogP contribution < -0.4 is 16.0 Å². The van der Waals surface area contributed by atoms with Crippen LogP contribution in [-0.4, -0.2) is 51.5 Å². The lowest BCUT2D eigenvalue weighted by Gasteiger charge is -2.10. The van der Waals surface area contributed by atoms with E-state index in [1.807, 2.05) is 30.3 Å². The molecule has 0 aliphatic heterocycles. The van der Waals surface area contributed by atoms with Gasteiger partial charge in [-0.15, -0.1) is 0 Å². The van der Waals surface area contributed by atoms with Gasteiger partial charge in [-0.2, -0.15) is 15.0 Å². The molecule has 8 heteroatoms. The van der Waals surface area contributed by atoms with Crippen LogP contribution in [0.5, 0.6) is 0 Å². The second-order valence-electron chi connectivity index (χ2n) is 4.45. The second kappa shape index (κ2) is 8.75. The van der Waals surface area contributed by atoms with Gasteiger partial charge in [0.25, 0.3) is 0 Å². The lowest BCUT2D eigenvalue weighted by molar-refractivity contribution is 0.310. The first-order valence-electron chi connectivity index (χ1n) is 7.05. The fourth-order valence-electron chi connectivity index (χ4n) is 1.73. The Labute approximate surface area is 128 Å². The summed E-state index contributed by atoms with van der Waals surface area (Å²) in [6, 6.07) is 9.90. The van der Waals surface area contributed by atoms with Crippen molar-refractivity contribution in [2.45, 2.75) is 6.54 Å². The molecular formula is C14H20N6O2. The van der Waals surface area contributed by atoms with Crippen LogP contribution >= 0.6 is 0 Å². The average Bonchev–Trinajstić information content (AvgIpc) is 2.57. The maximum atomic E-state index is 8.86. The van der Waals surface area contributed by atoms with Crippen molar-refractivity contribution in [1.82, 2.24) is 15.0 Å². The Morgan fingerprint density at radius 1 is 0.727 bits per heavy atom. The van der Waals surface area contributed by atoms with E-state index in [4.69, 9.17) is 10.2 Å². The molecule has 0 saturated heterocycles. The van der Waals surface area contributed by atoms with Gasteiger partial charge in [0, 0.05) is 19.6 Å². The monoisotopic (exact) mass is 304 g/mol. The number of hydrogen-bond donors (Lipinski definition) is 5. The van der Waals surface area contributed by atoms with Crippen molar-refractivity contribution in [3.05, 3.63) is 35.9 Å². The SMILES string of the molecule is OCCNc1nc(NCCO)nc(NCc2ccccc2)n1. The van der Waals surface area contributed by atoms with Gasteiger partial charge in [0.2, 0.25) is 17.8 Å². The zero-order valence-corrected chi connectivity index (χ0v) is 12.2. The number of hydrogen-bond acceptors (Lipinski definition) is 8. The zero-order chi connectivity index (χ0) is 15.6. The summed E-state index contributed by atoms with van der Waals surface area (Å²) in [6.07, 6.45) is 0. The first-order chi connectivity index (χ1) is 10.8. The minimum atomic E-state index is -0.0160. The predicted molar refractivity (Wildman–Crippen MR) is 84.7 cm³/mol. The van der Waals surface area contributed by atoms with Gasteiger partial charge in [-0.05, 0) is 5.56 Å². The summed E-state index contributed by atoms with van der Waals surface area (Å²) >= 11 is 0. The summed E-state index contributed by atoms with van der Waals surface area (Å²) < 4.78 is 0. The molecule has 0 spiro atoms. The van der Waals surface area contributed by atoms with Crippen LogP contribution in [0.15, 0.2) is 30.3 Å². The lowest BCUT2D eigenvalue weighted by Crippen LogP contribution is -2.15. The molecule has 2 aromatic rings. The number of aliphatic hydroxyl groups is 2. The normalized spacial score (nSPS) is 10.3. The van der Waals surface area contributed by atoms with Crippen LogP contribution in [0.4, 0.5) is 17.8 Å². The molecule has 1 aromatic heterocycles. The fourth-order valence-corrected chi connectivity index (χ4v) is 1.73. The number of aromatic nitrogens is 3. The van der Waals surface area contributed by atoms with Gasteiger partial charge < -0.3 is 26.2 Å². The Morgan fingerprint density at radius 2 is 1.23 bits per heavy atom. The molecule has 0 unspecified atom stereocenters. The molecule has 0 fully saturated rings. The van der Waals surface area contributed by atoms with Crippen molar-refractivity contribution in [2.24, 2.45) is 0 Å². The van der Waals surface area contributed by atoms with E-state index in [9.17, 15) is 0 Å². The van der Waals surface area contributed by atoms with Gasteiger partial charge in [0.15, 0.2) is 0 Å². The molecule has 5 N–H and O–H groups in total. The first kappa shape index (κ1) is 15.9. The fraction of sp³-hybridized carbons (Fsp3) is 0.357. The average molecular weight is 304 g/mol. The van der Waals surface area contributed by atoms with E-state index in [-0.39, 0.29) is 13.2 Å². The highest BCUT2D eigenvalue weighted by molar-refractivity contribution is 5.42. The van der Waals surface area contributed by atoms with Crippen molar-refractivity contribution in [1.29, 1.82) is 0 Å². The van der Waals surface area contributed by atoms with Crippen LogP contribution in [-0.2, 0) is 6.54 Å². The Hall–Kier alpha value is -2.45. The quantitative estimate of drug-likeness (QED) is 0.449. The third kappa shape index (κ3) is 5.15. The Morgan fingerprint density at radius 3 is 1.73 bits per heavy atom. The van der Waals surface area contributed by atoms with Crippen LogP contribution in [0.2, 0.25) is 0 Å². The van der Waals surface area contributed by atoms with Gasteiger partial charge in [-0.25, -0.2) is 0 Å². The molecule has 0 bridgehead atoms. The Kier molecular flexibility index (Phi) is 6.34. The zero-order valence-electron chi connectivity index (χ0n) is 12.2. The number of anilines is 3. The van der Waals surface area contributed by atoms with E-state index in [1.54, 1.807) is 0 Å². The molecule has 1 aromatic carbocycles. The molecule has 1 heterocycles. The highest BCUT2D eigenvalue weighted by atomic mass is 16.3. The summed E-state index contributed by atoms with van der Waals surface area (Å²) in [5.41, 5.74) is 1.11. The van der Waals surface area contributed by atoms with Gasteiger partial charge >= 0.3 is 0 Å². The van der Waals surface area contributed by atoms with Crippen molar-refractivity contribution in [3.8, 4) is 0 Å². The molecule has 118 valence electrons. The van der Waals surface area contributed by atoms with E-state index in [1.165, 1.54) is 0 Å². The molecule has 0 saturated carbocycles. The first-order valence-corrected chi connectivity index (χ1v) is 7.05. The van der Waals surface area contributed by atoms with E-state index < -0.39 is 0 Å². The molecule has 22 heavy (non-hydrogen) atoms. The van der Waals surface area contributed by atoms with Crippen molar-refractivity contribution < 1.29 is 10.2 Å². The number of benzene rings is 1. The lowest BCUT2D eigenvalue weighted by atomic mass is 10.2. The van der Waals surface area contributed by atoms with Crippen LogP contribution in [0.25, 0.3) is 0 Å². The highest BCUT2D eigenvalue weighted by Gasteiger charge is 2.06. The topological polar surface area (TPSA) is 115 Å². The molecular weight excluding hydrogens is 284 g/mol. The number of aliphatic hydroxyl groups excluding tert-OH is 2. The van der Waals surface area contributed by atoms with Gasteiger partial charge in [0.05, 0.1) is 13.2 Å². The molecule has 0 aliphatic carbocycles. The molecule has 0 amide bonds. The summed E-state index contributed by atoms with van der Waals surface area (Å²) in [7, 11) is 0. The Balaban J connectivity index is 2.06. The highest BCUT2D eigenvalue weighted by Crippen LogP contribution is 2.10. The molecule has 0 radical (unpaired) electrons. The van der Waals surface area contributed by atoms with E-state index in [0.717, 1.165) is 5.56 Å². The third-order valence-electron chi connectivity index (χ3n) is 2.72. The molecule has 8 nitrogen and oxygen atoms in total. The van der Waals surface area contributed by atoms with Crippen molar-refractivity contribution in [3.63, 3.8) is 0 Å². The van der Waals surface area contributed by atoms with Crippen LogP contribution in [0.1, 0.15) is 5.56 Å². The number of rotatable bonds is 9. The largest absolute Gasteiger partial charge is 0.395 e. The third-order valence-corrected chi connectivity index (χ3v) is 2.72. The maximum Gasteiger partial charge on any atom is 0.229 e. The van der Waals surface area contributed by atoms with E-state index in [2.05, 4.69) is 30.9 Å². The van der Waals surface area contributed by atoms with Gasteiger partial charge in [-0.3, -0.25) is 0 Å². The van der Waals surface area contributed by atoms with Crippen molar-refractivity contribution in [2.75, 3.05) is 42.3 Å². The summed E-state index contributed by atoms with van der Waals surface area (Å²) in [5, 5.41) is 26.6. The minimum Gasteiger partial charge on any atom is -0.395 e. The standard InChI is InChI=1S/C14H20N6O2/c21-8-6-15-12-18-13(16-7-9-22)20-14(19-12)17-10-11-4-2-1-3-5-11/h1-5,21-22H,6-10H2,(H3,15,16,17,18,19,20). The van der Waals surface area contributed by atoms with Crippen molar-refractivity contribution >= 4 is 17.8 Å². The van der Waals surface area contributed by atoms with Gasteiger partial charge in [0.1, 0.15) is 0 Å². The number of nitrogens with one attached hydrogen (secondary N) is 3. The molecule has 0 atom stereocenters. The smallest absolute Gasteiger partial charge is 0.229 e. The van der Waals surface area contributed by atoms with Crippen LogP contribution in [0.3, 0.4) is 0 Å². The minimum absolute atomic E-state index is 0.0160. The summed E-state index contributed by atoms with van der Waals surface area (Å²) in [4.78, 5) is 12.6. The predicted octanol–water partition coefficient (Wildman–Crippen LogP) is 0.292. The maximum absolute atomic E-state index is 8.86. The van der Waals surface area contributed by atoms with E-state index >= 15 is 0 Å². The molecule has 2 rings (SSSR count). The van der Waals surface area contributed by atoms with Gasteiger partial charge in [-0.1, -0.05) is 30.3 Å². The second-order valence-corrected chi connectivity index (χ2v) is 4.45.